The molecule has 3 heteroatoms. The number of hydrogen-bond donors (Lipinski definition) is 1. The molecule has 3 nitrogen and oxygen atoms in total. The summed E-state index contributed by atoms with van der Waals surface area (Å²) in [6.45, 7) is 1.15. The normalized spacial score (nSPS) is 21.4. The van der Waals surface area contributed by atoms with Gasteiger partial charge in [0.2, 0.25) is 0 Å². The third-order valence-corrected chi connectivity index (χ3v) is 3.34. The largest absolute Gasteiger partial charge is 0.356 e. The molecule has 1 unspecified atom stereocenters. The molecule has 0 radical (unpaired) electrons. The second kappa shape index (κ2) is 4.26. The summed E-state index contributed by atoms with van der Waals surface area (Å²) in [7, 11) is 0. The van der Waals surface area contributed by atoms with Gasteiger partial charge in [-0.25, -0.2) is 0 Å². The van der Waals surface area contributed by atoms with Crippen LogP contribution in [0.15, 0.2) is 28.9 Å². The summed E-state index contributed by atoms with van der Waals surface area (Å²) in [4.78, 5) is 0. The molecule has 1 aliphatic rings. The fourth-order valence-corrected chi connectivity index (χ4v) is 2.48. The Morgan fingerprint density at radius 1 is 1.38 bits per heavy atom. The van der Waals surface area contributed by atoms with Gasteiger partial charge in [-0.2, -0.15) is 0 Å². The summed E-state index contributed by atoms with van der Waals surface area (Å²) < 4.78 is 5.31. The Bertz CT molecular complexity index is 471. The molecule has 0 saturated carbocycles. The smallest absolute Gasteiger partial charge is 0.170 e. The van der Waals surface area contributed by atoms with Crippen LogP contribution in [-0.2, 0) is 6.42 Å². The van der Waals surface area contributed by atoms with Gasteiger partial charge in [-0.15, -0.1) is 0 Å². The van der Waals surface area contributed by atoms with Crippen LogP contribution in [0.25, 0.3) is 11.0 Å². The van der Waals surface area contributed by atoms with E-state index in [1.807, 2.05) is 6.07 Å². The minimum atomic E-state index is 0.601. The summed E-state index contributed by atoms with van der Waals surface area (Å²) in [5.41, 5.74) is 2.23. The fraction of sp³-hybridized carbons (Fsp3) is 0.462. The van der Waals surface area contributed by atoms with E-state index < -0.39 is 0 Å². The van der Waals surface area contributed by atoms with Crippen molar-refractivity contribution in [3.05, 3.63) is 30.0 Å². The van der Waals surface area contributed by atoms with E-state index in [4.69, 9.17) is 4.52 Å². The number of para-hydroxylation sites is 1. The van der Waals surface area contributed by atoms with Crippen LogP contribution < -0.4 is 5.32 Å². The Morgan fingerprint density at radius 2 is 2.38 bits per heavy atom. The van der Waals surface area contributed by atoms with Gasteiger partial charge in [-0.1, -0.05) is 23.7 Å². The van der Waals surface area contributed by atoms with Crippen molar-refractivity contribution in [1.82, 2.24) is 10.5 Å². The van der Waals surface area contributed by atoms with E-state index in [9.17, 15) is 0 Å². The Kier molecular flexibility index (Phi) is 2.62. The van der Waals surface area contributed by atoms with Gasteiger partial charge >= 0.3 is 0 Å². The lowest BCUT2D eigenvalue weighted by Gasteiger charge is -2.23. The van der Waals surface area contributed by atoms with Crippen molar-refractivity contribution in [3.8, 4) is 0 Å². The Balaban J connectivity index is 1.85. The van der Waals surface area contributed by atoms with Crippen LogP contribution in [-0.4, -0.2) is 17.7 Å². The maximum Gasteiger partial charge on any atom is 0.170 e. The number of nitrogens with zero attached hydrogens (tertiary/aromatic N) is 1. The predicted octanol–water partition coefficient (Wildman–Crippen LogP) is 2.51. The topological polar surface area (TPSA) is 38.1 Å². The monoisotopic (exact) mass is 216 g/mol. The van der Waals surface area contributed by atoms with Crippen molar-refractivity contribution in [1.29, 1.82) is 0 Å². The van der Waals surface area contributed by atoms with Crippen molar-refractivity contribution < 1.29 is 4.52 Å². The molecular weight excluding hydrogens is 200 g/mol. The molecule has 1 aromatic carbocycles. The molecule has 0 aliphatic carbocycles. The number of hydrogen-bond acceptors (Lipinski definition) is 3. The number of rotatable bonds is 2. The SMILES string of the molecule is c1cc(CC2CCCCN2)c2oncc2c1. The van der Waals surface area contributed by atoms with Crippen LogP contribution in [0.5, 0.6) is 0 Å². The van der Waals surface area contributed by atoms with E-state index >= 15 is 0 Å². The number of aromatic nitrogens is 1. The van der Waals surface area contributed by atoms with E-state index in [1.165, 1.54) is 24.8 Å². The highest BCUT2D eigenvalue weighted by Gasteiger charge is 2.15. The van der Waals surface area contributed by atoms with Crippen LogP contribution in [0, 0.1) is 0 Å². The molecule has 0 spiro atoms. The average molecular weight is 216 g/mol. The van der Waals surface area contributed by atoms with Gasteiger partial charge in [0.1, 0.15) is 0 Å². The zero-order chi connectivity index (χ0) is 10.8. The minimum Gasteiger partial charge on any atom is -0.356 e. The molecule has 1 atom stereocenters. The van der Waals surface area contributed by atoms with Gasteiger partial charge < -0.3 is 9.84 Å². The lowest BCUT2D eigenvalue weighted by Crippen LogP contribution is -2.35. The molecule has 1 saturated heterocycles. The van der Waals surface area contributed by atoms with Gasteiger partial charge in [0.15, 0.2) is 5.58 Å². The van der Waals surface area contributed by atoms with Crippen molar-refractivity contribution in [2.75, 3.05) is 6.54 Å². The third-order valence-electron chi connectivity index (χ3n) is 3.34. The molecule has 2 heterocycles. The molecule has 0 bridgehead atoms. The first-order valence-electron chi connectivity index (χ1n) is 5.99. The minimum absolute atomic E-state index is 0.601. The van der Waals surface area contributed by atoms with Crippen molar-refractivity contribution >= 4 is 11.0 Å². The number of benzene rings is 1. The fourth-order valence-electron chi connectivity index (χ4n) is 2.48. The van der Waals surface area contributed by atoms with Crippen molar-refractivity contribution in [2.24, 2.45) is 0 Å². The molecule has 16 heavy (non-hydrogen) atoms. The average Bonchev–Trinajstić information content (AvgIpc) is 2.80. The lowest BCUT2D eigenvalue weighted by molar-refractivity contribution is 0.396. The molecule has 1 N–H and O–H groups in total. The second-order valence-electron chi connectivity index (χ2n) is 4.51. The van der Waals surface area contributed by atoms with Gasteiger partial charge in [0, 0.05) is 11.4 Å². The Hall–Kier alpha value is -1.35. The number of nitrogens with one attached hydrogen (secondary N) is 1. The molecule has 1 fully saturated rings. The maximum atomic E-state index is 5.31. The van der Waals surface area contributed by atoms with Crippen LogP contribution in [0.3, 0.4) is 0 Å². The zero-order valence-corrected chi connectivity index (χ0v) is 9.28. The summed E-state index contributed by atoms with van der Waals surface area (Å²) in [5.74, 6) is 0. The van der Waals surface area contributed by atoms with Crippen LogP contribution >= 0.6 is 0 Å². The van der Waals surface area contributed by atoms with Gasteiger partial charge in [0.25, 0.3) is 0 Å². The van der Waals surface area contributed by atoms with Crippen molar-refractivity contribution in [2.45, 2.75) is 31.7 Å². The second-order valence-corrected chi connectivity index (χ2v) is 4.51. The predicted molar refractivity (Wildman–Crippen MR) is 63.4 cm³/mol. The highest BCUT2D eigenvalue weighted by molar-refractivity contribution is 5.79. The summed E-state index contributed by atoms with van der Waals surface area (Å²) in [6, 6.07) is 6.87. The van der Waals surface area contributed by atoms with Crippen molar-refractivity contribution in [3.63, 3.8) is 0 Å². The quantitative estimate of drug-likeness (QED) is 0.838. The van der Waals surface area contributed by atoms with E-state index in [1.54, 1.807) is 6.20 Å². The number of fused-ring (bicyclic) bond motifs is 1. The molecule has 0 amide bonds. The first-order chi connectivity index (χ1) is 7.93. The number of piperidine rings is 1. The van der Waals surface area contributed by atoms with E-state index in [0.29, 0.717) is 6.04 Å². The summed E-state index contributed by atoms with van der Waals surface area (Å²) >= 11 is 0. The van der Waals surface area contributed by atoms with Crippen LogP contribution in [0.4, 0.5) is 0 Å². The highest BCUT2D eigenvalue weighted by atomic mass is 16.5. The van der Waals surface area contributed by atoms with Gasteiger partial charge in [-0.05, 0) is 37.4 Å². The highest BCUT2D eigenvalue weighted by Crippen LogP contribution is 2.21. The van der Waals surface area contributed by atoms with E-state index in [-0.39, 0.29) is 0 Å². The standard InChI is InChI=1S/C13H16N2O/c1-2-7-14-12(6-1)8-10-4-3-5-11-9-15-16-13(10)11/h3-5,9,12,14H,1-2,6-8H2. The van der Waals surface area contributed by atoms with Gasteiger partial charge in [0.05, 0.1) is 6.20 Å². The summed E-state index contributed by atoms with van der Waals surface area (Å²) in [6.07, 6.45) is 6.75. The Morgan fingerprint density at radius 3 is 3.25 bits per heavy atom. The molecule has 2 aromatic rings. The van der Waals surface area contributed by atoms with Gasteiger partial charge in [-0.3, -0.25) is 0 Å². The first-order valence-corrected chi connectivity index (χ1v) is 5.99. The molecular formula is C13H16N2O. The molecule has 84 valence electrons. The molecule has 3 rings (SSSR count). The lowest BCUT2D eigenvalue weighted by atomic mass is 9.97. The first kappa shape index (κ1) is 9.85. The molecule has 1 aliphatic heterocycles. The Labute approximate surface area is 94.8 Å². The van der Waals surface area contributed by atoms with Crippen LogP contribution in [0.1, 0.15) is 24.8 Å². The van der Waals surface area contributed by atoms with E-state index in [2.05, 4.69) is 22.6 Å². The van der Waals surface area contributed by atoms with E-state index in [0.717, 1.165) is 23.9 Å². The maximum absolute atomic E-state index is 5.31. The summed E-state index contributed by atoms with van der Waals surface area (Å²) in [5, 5.41) is 8.53. The third kappa shape index (κ3) is 1.83. The van der Waals surface area contributed by atoms with Crippen LogP contribution in [0.2, 0.25) is 0 Å². The molecule has 1 aromatic heterocycles. The zero-order valence-electron chi connectivity index (χ0n) is 9.28.